The summed E-state index contributed by atoms with van der Waals surface area (Å²) in [5.74, 6) is -2.03. The number of allylic oxidation sites excluding steroid dienone is 2. The predicted molar refractivity (Wildman–Crippen MR) is 388 cm³/mol. The van der Waals surface area contributed by atoms with Gasteiger partial charge in [0, 0.05) is 26.7 Å². The van der Waals surface area contributed by atoms with Crippen LogP contribution in [0.5, 0.6) is 0 Å². The van der Waals surface area contributed by atoms with Crippen molar-refractivity contribution in [3.8, 4) is 0 Å². The molecule has 0 bridgehead atoms. The summed E-state index contributed by atoms with van der Waals surface area (Å²) in [6.45, 7) is 18.0. The molecule has 18 heteroatoms. The number of hydrogen-bond acceptors (Lipinski definition) is 13. The van der Waals surface area contributed by atoms with E-state index in [1.165, 1.54) is 104 Å². The fourth-order valence-corrected chi connectivity index (χ4v) is 11.4. The van der Waals surface area contributed by atoms with E-state index in [1.54, 1.807) is 0 Å². The van der Waals surface area contributed by atoms with Crippen molar-refractivity contribution in [3.05, 3.63) is 24.3 Å². The number of aliphatic hydroxyl groups is 2. The Balaban J connectivity index is -0.000000414. The first-order valence-electron chi connectivity index (χ1n) is 37.7. The minimum atomic E-state index is -0.749. The smallest absolute Gasteiger partial charge is 0.362 e. The van der Waals surface area contributed by atoms with Crippen LogP contribution >= 0.6 is 0 Å². The molecule has 0 radical (unpaired) electrons. The fraction of sp³-hybridized carbons (Fsp3) is 0.872. The van der Waals surface area contributed by atoms with Gasteiger partial charge in [0.15, 0.2) is 13.1 Å². The lowest BCUT2D eigenvalue weighted by atomic mass is 10.0. The number of carbonyl (C=O) groups excluding carboxylic acids is 5. The monoisotopic (exact) mass is 1410 g/mol. The Hall–Kier alpha value is -3.28. The van der Waals surface area contributed by atoms with E-state index in [-0.39, 0.29) is 102 Å². The van der Waals surface area contributed by atoms with Gasteiger partial charge in [0.2, 0.25) is 0 Å². The Kier molecular flexibility index (Phi) is 80.4. The molecule has 0 aliphatic carbocycles. The number of aliphatic carboxylic acids is 1. The van der Waals surface area contributed by atoms with Crippen LogP contribution in [0.25, 0.3) is 0 Å². The number of rotatable bonds is 65. The van der Waals surface area contributed by atoms with Crippen molar-refractivity contribution in [3.63, 3.8) is 0 Å². The van der Waals surface area contributed by atoms with E-state index in [4.69, 9.17) is 28.8 Å². The van der Waals surface area contributed by atoms with Crippen molar-refractivity contribution >= 4 is 35.8 Å². The van der Waals surface area contributed by atoms with Crippen LogP contribution in [0, 0.1) is 0 Å². The number of esters is 5. The van der Waals surface area contributed by atoms with Crippen molar-refractivity contribution in [1.82, 2.24) is 0 Å². The van der Waals surface area contributed by atoms with Gasteiger partial charge in [-0.05, 0) is 109 Å². The van der Waals surface area contributed by atoms with Crippen LogP contribution in [0.3, 0.4) is 0 Å². The second kappa shape index (κ2) is 74.4. The Morgan fingerprint density at radius 2 is 0.677 bits per heavy atom. The molecule has 0 amide bonds. The molecular weight excluding hydrogens is 1260 g/mol. The Bertz CT molecular complexity index is 1840. The molecular formula is C78H152Cl2N2O14. The lowest BCUT2D eigenvalue weighted by Gasteiger charge is -2.34. The van der Waals surface area contributed by atoms with Crippen molar-refractivity contribution in [2.45, 2.75) is 370 Å². The van der Waals surface area contributed by atoms with Gasteiger partial charge in [-0.25, -0.2) is 9.59 Å². The van der Waals surface area contributed by atoms with E-state index >= 15 is 0 Å². The van der Waals surface area contributed by atoms with E-state index < -0.39 is 30.4 Å². The maximum absolute atomic E-state index is 13.3. The van der Waals surface area contributed by atoms with Crippen LogP contribution in [0.1, 0.15) is 346 Å². The van der Waals surface area contributed by atoms with E-state index in [9.17, 15) is 39.0 Å². The quantitative estimate of drug-likeness (QED) is 0.0170. The second-order valence-corrected chi connectivity index (χ2v) is 27.0. The van der Waals surface area contributed by atoms with Gasteiger partial charge in [0.05, 0.1) is 46.0 Å². The van der Waals surface area contributed by atoms with E-state index in [0.717, 1.165) is 167 Å². The third-order valence-corrected chi connectivity index (χ3v) is 17.5. The van der Waals surface area contributed by atoms with Crippen molar-refractivity contribution in [2.24, 2.45) is 0 Å². The molecule has 6 atom stereocenters. The first-order chi connectivity index (χ1) is 44.3. The number of hydrogen-bond donors (Lipinski definition) is 3. The van der Waals surface area contributed by atoms with Crippen LogP contribution in [0.4, 0.5) is 0 Å². The zero-order valence-electron chi connectivity index (χ0n) is 61.6. The number of likely N-dealkylation sites (N-methyl/N-ethyl adjacent to an activating group) is 2. The van der Waals surface area contributed by atoms with Gasteiger partial charge in [0.25, 0.3) is 0 Å². The van der Waals surface area contributed by atoms with E-state index in [2.05, 4.69) is 46.8 Å². The summed E-state index contributed by atoms with van der Waals surface area (Å²) in [7, 11) is 4.06. The number of carboxylic acids is 1. The highest BCUT2D eigenvalue weighted by molar-refractivity contribution is 5.71. The van der Waals surface area contributed by atoms with Gasteiger partial charge >= 0.3 is 35.8 Å². The lowest BCUT2D eigenvalue weighted by molar-refractivity contribution is -0.903. The number of nitrogens with zero attached hydrogens (tertiary/aromatic N) is 2. The molecule has 0 fully saturated rings. The minimum Gasteiger partial charge on any atom is -1.00 e. The SMILES string of the molecule is C.C.CCCCCCCCCCOC(=O)CCCCCCC/C=C\CC(O)C(CCCCC)OC(=O)C[N+](C)(CCCCCCCC)CCOC(C)=O.CCCCCCCC[N+](C)(CCOC(C)=O)CC(=O)OC(CCCCC)C(O)C/C=C\CCCCCCCC(=O)O.[Cl-].[Cl-]. The minimum absolute atomic E-state index is 0. The zero-order valence-corrected chi connectivity index (χ0v) is 63.1. The van der Waals surface area contributed by atoms with Gasteiger partial charge in [-0.2, -0.15) is 0 Å². The normalized spacial score (nSPS) is 13.6. The molecule has 16 nitrogen and oxygen atoms in total. The molecule has 0 aromatic heterocycles. The predicted octanol–water partition coefficient (Wildman–Crippen LogP) is 12.8. The fourth-order valence-electron chi connectivity index (χ4n) is 11.4. The Morgan fingerprint density at radius 1 is 0.365 bits per heavy atom. The summed E-state index contributed by atoms with van der Waals surface area (Å²) >= 11 is 0. The molecule has 0 saturated heterocycles. The third kappa shape index (κ3) is 70.6. The maximum atomic E-state index is 13.3. The van der Waals surface area contributed by atoms with Gasteiger partial charge in [-0.3, -0.25) is 19.2 Å². The average Bonchev–Trinajstić information content (AvgIpc) is 1.05. The maximum Gasteiger partial charge on any atom is 0.362 e. The number of carboxylic acid groups (broad SMARTS) is 1. The van der Waals surface area contributed by atoms with Gasteiger partial charge < -0.3 is 72.8 Å². The molecule has 0 aromatic rings. The molecule has 96 heavy (non-hydrogen) atoms. The largest absolute Gasteiger partial charge is 1.00 e. The van der Waals surface area contributed by atoms with Crippen LogP contribution in [-0.2, 0) is 52.5 Å². The molecule has 572 valence electrons. The standard InChI is InChI=1S/C43H82NO7.C33H61NO7.2CH4.2ClH/c1-6-9-12-14-16-21-25-30-36-50-42(47)33-28-23-20-18-17-19-22-27-31-40(46)41(32-26-11-8-3)51-43(48)38-44(5,35-37-49-39(4)45)34-29-24-15-13-10-7-2;1-5-7-9-10-17-21-25-34(4,26-27-40-29(3)35)28-33(39)41-31(23-18-8-6-2)30(36)22-19-15-13-11-12-14-16-20-24-32(37)38;;;;/h22,27,40-41,46H,6-21,23-26,28-38H2,1-5H3;15,19,30-31,36H,5-14,16-18,20-28H2,1-4H3;2*1H4;2*1H/q+1;;;;;/p-1/b27-22-;19-15-;;;;. The summed E-state index contributed by atoms with van der Waals surface area (Å²) < 4.78 is 28.6. The van der Waals surface area contributed by atoms with E-state index in [0.29, 0.717) is 60.8 Å². The number of unbranched alkanes of at least 4 members (excludes halogenated alkanes) is 31. The van der Waals surface area contributed by atoms with Gasteiger partial charge in [-0.1, -0.05) is 234 Å². The molecule has 0 aliphatic heterocycles. The number of ether oxygens (including phenoxy) is 5. The first kappa shape index (κ1) is 104. The zero-order chi connectivity index (χ0) is 68.6. The molecule has 6 unspecified atom stereocenters. The average molecular weight is 1410 g/mol. The molecule has 0 aliphatic rings. The Morgan fingerprint density at radius 3 is 1.03 bits per heavy atom. The van der Waals surface area contributed by atoms with Crippen LogP contribution in [0.2, 0.25) is 0 Å². The summed E-state index contributed by atoms with van der Waals surface area (Å²) in [6.07, 6.45) is 50.5. The summed E-state index contributed by atoms with van der Waals surface area (Å²) in [5.41, 5.74) is 0. The summed E-state index contributed by atoms with van der Waals surface area (Å²) in [4.78, 5) is 71.6. The molecule has 0 spiro atoms. The number of quaternary nitrogens is 2. The van der Waals surface area contributed by atoms with Crippen molar-refractivity contribution in [1.29, 1.82) is 0 Å². The highest BCUT2D eigenvalue weighted by atomic mass is 35.5. The molecule has 0 saturated carbocycles. The molecule has 0 heterocycles. The molecule has 3 N–H and O–H groups in total. The highest BCUT2D eigenvalue weighted by Gasteiger charge is 2.32. The van der Waals surface area contributed by atoms with Crippen LogP contribution < -0.4 is 24.8 Å². The van der Waals surface area contributed by atoms with Crippen molar-refractivity contribution < 1.29 is 102 Å². The van der Waals surface area contributed by atoms with E-state index in [1.807, 2.05) is 26.2 Å². The number of carbonyl (C=O) groups is 6. The van der Waals surface area contributed by atoms with Crippen LogP contribution in [-0.4, -0.2) is 158 Å². The van der Waals surface area contributed by atoms with Crippen LogP contribution in [0.15, 0.2) is 24.3 Å². The Labute approximate surface area is 602 Å². The summed E-state index contributed by atoms with van der Waals surface area (Å²) in [5, 5.41) is 30.6. The van der Waals surface area contributed by atoms with Gasteiger partial charge in [0.1, 0.15) is 38.5 Å². The topological polar surface area (TPSA) is 209 Å². The summed E-state index contributed by atoms with van der Waals surface area (Å²) in [6, 6.07) is 0. The first-order valence-corrected chi connectivity index (χ1v) is 37.7. The van der Waals surface area contributed by atoms with Gasteiger partial charge in [-0.15, -0.1) is 0 Å². The second-order valence-electron chi connectivity index (χ2n) is 27.0. The number of aliphatic hydroxyl groups excluding tert-OH is 2. The van der Waals surface area contributed by atoms with Crippen molar-refractivity contribution in [2.75, 3.05) is 73.2 Å². The number of halogens is 2. The lowest BCUT2D eigenvalue weighted by Crippen LogP contribution is -3.00. The third-order valence-electron chi connectivity index (χ3n) is 17.5. The molecule has 0 rings (SSSR count). The highest BCUT2D eigenvalue weighted by Crippen LogP contribution is 2.20. The molecule has 0 aromatic carbocycles.